The van der Waals surface area contributed by atoms with E-state index in [2.05, 4.69) is 71.3 Å². The van der Waals surface area contributed by atoms with Gasteiger partial charge in [-0.2, -0.15) is 0 Å². The maximum atomic E-state index is 13.4. The fourth-order valence-corrected chi connectivity index (χ4v) is 7.40. The number of likely N-dealkylation sites (tertiary alicyclic amines) is 1. The zero-order valence-electron chi connectivity index (χ0n) is 17.3. The highest BCUT2D eigenvalue weighted by Gasteiger charge is 2.63. The van der Waals surface area contributed by atoms with Crippen LogP contribution in [0, 0.1) is 11.3 Å². The van der Waals surface area contributed by atoms with Gasteiger partial charge in [0.15, 0.2) is 0 Å². The second kappa shape index (κ2) is 6.43. The van der Waals surface area contributed by atoms with E-state index < -0.39 is 0 Å². The maximum absolute atomic E-state index is 13.4. The summed E-state index contributed by atoms with van der Waals surface area (Å²) in [5.41, 5.74) is 4.20. The van der Waals surface area contributed by atoms with Crippen LogP contribution in [0.4, 0.5) is 5.69 Å². The molecule has 0 spiro atoms. The minimum atomic E-state index is 0.191. The van der Waals surface area contributed by atoms with Crippen LogP contribution < -0.4 is 4.90 Å². The zero-order valence-corrected chi connectivity index (χ0v) is 17.3. The van der Waals surface area contributed by atoms with Crippen molar-refractivity contribution >= 4 is 11.6 Å². The van der Waals surface area contributed by atoms with E-state index in [1.807, 2.05) is 0 Å². The standard InChI is InChI=1S/C26H30N2O/c1-2-26-14-8-13-22-24(26)25-20(17-27(22)16-18-9-4-3-5-10-18)19-11-6-7-12-21(19)28(25)23(29)15-26/h3-7,9-12,20,22,24-25H,2,8,13-17H2,1H3/t20-,22-,24+,25+,26-/m0/s1. The molecule has 1 saturated carbocycles. The van der Waals surface area contributed by atoms with Gasteiger partial charge in [-0.3, -0.25) is 9.69 Å². The Kier molecular flexibility index (Phi) is 3.93. The molecule has 0 bridgehead atoms. The van der Waals surface area contributed by atoms with E-state index in [4.69, 9.17) is 0 Å². The average molecular weight is 387 g/mol. The molecule has 0 aromatic heterocycles. The van der Waals surface area contributed by atoms with Crippen molar-refractivity contribution in [3.8, 4) is 0 Å². The number of piperidine rings is 2. The monoisotopic (exact) mass is 386 g/mol. The van der Waals surface area contributed by atoms with Gasteiger partial charge in [-0.1, -0.05) is 61.9 Å². The topological polar surface area (TPSA) is 23.6 Å². The van der Waals surface area contributed by atoms with E-state index in [-0.39, 0.29) is 5.41 Å². The summed E-state index contributed by atoms with van der Waals surface area (Å²) in [4.78, 5) is 18.4. The lowest BCUT2D eigenvalue weighted by Gasteiger charge is -2.61. The van der Waals surface area contributed by atoms with Crippen LogP contribution in [-0.4, -0.2) is 29.4 Å². The number of para-hydroxylation sites is 1. The van der Waals surface area contributed by atoms with Gasteiger partial charge < -0.3 is 4.90 Å². The van der Waals surface area contributed by atoms with Gasteiger partial charge in [0.1, 0.15) is 0 Å². The molecule has 3 nitrogen and oxygen atoms in total. The van der Waals surface area contributed by atoms with Crippen molar-refractivity contribution in [2.45, 2.75) is 63.6 Å². The first-order chi connectivity index (χ1) is 14.2. The summed E-state index contributed by atoms with van der Waals surface area (Å²) < 4.78 is 0. The fraction of sp³-hybridized carbons (Fsp3) is 0.500. The van der Waals surface area contributed by atoms with Crippen molar-refractivity contribution in [3.63, 3.8) is 0 Å². The van der Waals surface area contributed by atoms with Gasteiger partial charge in [-0.15, -0.1) is 0 Å². The van der Waals surface area contributed by atoms with Crippen LogP contribution in [0.1, 0.15) is 56.1 Å². The summed E-state index contributed by atoms with van der Waals surface area (Å²) in [7, 11) is 0. The van der Waals surface area contributed by atoms with Crippen molar-refractivity contribution in [1.82, 2.24) is 4.90 Å². The van der Waals surface area contributed by atoms with Gasteiger partial charge >= 0.3 is 0 Å². The lowest BCUT2D eigenvalue weighted by molar-refractivity contribution is -0.136. The molecule has 6 rings (SSSR count). The highest BCUT2D eigenvalue weighted by molar-refractivity contribution is 5.98. The van der Waals surface area contributed by atoms with Gasteiger partial charge in [0, 0.05) is 49.1 Å². The molecule has 3 fully saturated rings. The molecule has 0 N–H and O–H groups in total. The van der Waals surface area contributed by atoms with Gasteiger partial charge in [0.05, 0.1) is 0 Å². The molecule has 2 saturated heterocycles. The second-order valence-corrected chi connectivity index (χ2v) is 9.71. The van der Waals surface area contributed by atoms with Crippen molar-refractivity contribution in [3.05, 3.63) is 65.7 Å². The van der Waals surface area contributed by atoms with E-state index in [0.29, 0.717) is 29.8 Å². The van der Waals surface area contributed by atoms with E-state index in [0.717, 1.165) is 25.9 Å². The van der Waals surface area contributed by atoms with Crippen LogP contribution >= 0.6 is 0 Å². The van der Waals surface area contributed by atoms with Crippen molar-refractivity contribution in [1.29, 1.82) is 0 Å². The van der Waals surface area contributed by atoms with Crippen LogP contribution in [0.3, 0.4) is 0 Å². The lowest BCUT2D eigenvalue weighted by Crippen LogP contribution is -2.68. The number of fused-ring (bicyclic) bond motifs is 3. The van der Waals surface area contributed by atoms with E-state index in [9.17, 15) is 4.79 Å². The molecule has 3 aliphatic heterocycles. The Bertz CT molecular complexity index is 941. The minimum Gasteiger partial charge on any atom is -0.308 e. The number of carbonyl (C=O) groups is 1. The number of carbonyl (C=O) groups excluding carboxylic acids is 1. The third kappa shape index (κ3) is 2.43. The predicted octanol–water partition coefficient (Wildman–Crippen LogP) is 4.97. The molecule has 0 unspecified atom stereocenters. The largest absolute Gasteiger partial charge is 0.308 e. The number of amides is 1. The number of hydrogen-bond donors (Lipinski definition) is 0. The second-order valence-electron chi connectivity index (χ2n) is 9.71. The summed E-state index contributed by atoms with van der Waals surface area (Å²) in [5.74, 6) is 1.42. The number of hydrogen-bond acceptors (Lipinski definition) is 2. The van der Waals surface area contributed by atoms with Crippen LogP contribution in [0.15, 0.2) is 54.6 Å². The molecule has 2 aromatic carbocycles. The third-order valence-electron chi connectivity index (χ3n) is 8.58. The summed E-state index contributed by atoms with van der Waals surface area (Å²) >= 11 is 0. The number of rotatable bonds is 3. The molecule has 0 radical (unpaired) electrons. The van der Waals surface area contributed by atoms with E-state index >= 15 is 0 Å². The Morgan fingerprint density at radius 3 is 2.69 bits per heavy atom. The Morgan fingerprint density at radius 1 is 1.07 bits per heavy atom. The normalized spacial score (nSPS) is 35.3. The van der Waals surface area contributed by atoms with E-state index in [1.165, 1.54) is 36.1 Å². The first-order valence-electron chi connectivity index (χ1n) is 11.4. The Balaban J connectivity index is 1.47. The molecule has 1 amide bonds. The molecule has 150 valence electrons. The number of anilines is 1. The van der Waals surface area contributed by atoms with Crippen LogP contribution in [0.2, 0.25) is 0 Å². The zero-order chi connectivity index (χ0) is 19.6. The van der Waals surface area contributed by atoms with Gasteiger partial charge in [-0.05, 0) is 41.9 Å². The van der Waals surface area contributed by atoms with Crippen molar-refractivity contribution in [2.24, 2.45) is 11.3 Å². The van der Waals surface area contributed by atoms with Crippen LogP contribution in [-0.2, 0) is 11.3 Å². The highest BCUT2D eigenvalue weighted by Crippen LogP contribution is 2.61. The molecule has 5 atom stereocenters. The third-order valence-corrected chi connectivity index (χ3v) is 8.58. The Morgan fingerprint density at radius 2 is 1.86 bits per heavy atom. The maximum Gasteiger partial charge on any atom is 0.227 e. The number of benzene rings is 2. The molecular formula is C26H30N2O. The Hall–Kier alpha value is -2.13. The predicted molar refractivity (Wildman–Crippen MR) is 116 cm³/mol. The van der Waals surface area contributed by atoms with E-state index in [1.54, 1.807) is 0 Å². The summed E-state index contributed by atoms with van der Waals surface area (Å²) in [5, 5.41) is 0. The van der Waals surface area contributed by atoms with Gasteiger partial charge in [0.2, 0.25) is 5.91 Å². The molecular weight excluding hydrogens is 356 g/mol. The molecule has 29 heavy (non-hydrogen) atoms. The number of nitrogens with zero attached hydrogens (tertiary/aromatic N) is 2. The van der Waals surface area contributed by atoms with Crippen molar-refractivity contribution in [2.75, 3.05) is 11.4 Å². The molecule has 3 heteroatoms. The lowest BCUT2D eigenvalue weighted by atomic mass is 9.53. The SMILES string of the molecule is CC[C@@]12CCC[C@H]3[C@@H]1[C@H]1[C@@H](CN3Cc3ccccc3)c3ccccc3N1C(=O)C2. The smallest absolute Gasteiger partial charge is 0.227 e. The van der Waals surface area contributed by atoms with Crippen molar-refractivity contribution < 1.29 is 4.79 Å². The van der Waals surface area contributed by atoms with Gasteiger partial charge in [0.25, 0.3) is 0 Å². The Labute approximate surface area is 173 Å². The minimum absolute atomic E-state index is 0.191. The molecule has 4 aliphatic rings. The average Bonchev–Trinajstić information content (AvgIpc) is 3.09. The first-order valence-corrected chi connectivity index (χ1v) is 11.4. The van der Waals surface area contributed by atoms with Crippen LogP contribution in [0.5, 0.6) is 0 Å². The molecule has 2 aromatic rings. The van der Waals surface area contributed by atoms with Gasteiger partial charge in [-0.25, -0.2) is 0 Å². The highest BCUT2D eigenvalue weighted by atomic mass is 16.2. The molecule has 3 heterocycles. The molecule has 1 aliphatic carbocycles. The summed E-state index contributed by atoms with van der Waals surface area (Å²) in [6, 6.07) is 20.6. The first kappa shape index (κ1) is 17.7. The summed E-state index contributed by atoms with van der Waals surface area (Å²) in [6.07, 6.45) is 5.63. The summed E-state index contributed by atoms with van der Waals surface area (Å²) in [6.45, 7) is 4.43. The fourth-order valence-electron chi connectivity index (χ4n) is 7.40. The quantitative estimate of drug-likeness (QED) is 0.743. The van der Waals surface area contributed by atoms with Crippen LogP contribution in [0.25, 0.3) is 0 Å².